The van der Waals surface area contributed by atoms with Gasteiger partial charge in [0.05, 0.1) is 22.8 Å². The van der Waals surface area contributed by atoms with E-state index in [1.807, 2.05) is 11.1 Å². The van der Waals surface area contributed by atoms with Gasteiger partial charge in [-0.15, -0.1) is 5.11 Å². The predicted octanol–water partition coefficient (Wildman–Crippen LogP) is 0.921. The van der Waals surface area contributed by atoms with Gasteiger partial charge in [-0.3, -0.25) is 19.6 Å². The van der Waals surface area contributed by atoms with Gasteiger partial charge in [-0.05, 0) is 24.3 Å². The smallest absolute Gasteiger partial charge is 0.352 e. The number of nitriles is 1. The molecular weight excluding hydrogens is 510 g/mol. The molecule has 3 heterocycles. The quantitative estimate of drug-likeness (QED) is 0.156. The van der Waals surface area contributed by atoms with Gasteiger partial charge in [0.15, 0.2) is 5.82 Å². The van der Waals surface area contributed by atoms with Gasteiger partial charge >= 0.3 is 11.4 Å². The minimum atomic E-state index is -1.59. The highest BCUT2D eigenvalue weighted by atomic mass is 16.3. The third-order valence-corrected chi connectivity index (χ3v) is 5.29. The van der Waals surface area contributed by atoms with Crippen molar-refractivity contribution in [1.82, 2.24) is 34.7 Å². The van der Waals surface area contributed by atoms with Crippen LogP contribution in [0.4, 0.5) is 11.5 Å². The monoisotopic (exact) mass is 525 g/mol. The van der Waals surface area contributed by atoms with E-state index >= 15 is 0 Å². The first kappa shape index (κ1) is 24.5. The number of rotatable bonds is 6. The molecule has 0 radical (unpaired) electrons. The number of hydrogen-bond donors (Lipinski definition) is 5. The molecule has 0 aliphatic heterocycles. The van der Waals surface area contributed by atoms with Crippen LogP contribution in [0.15, 0.2) is 79.3 Å². The van der Waals surface area contributed by atoms with E-state index in [9.17, 15) is 29.5 Å². The van der Waals surface area contributed by atoms with E-state index in [1.54, 1.807) is 36.4 Å². The Labute approximate surface area is 215 Å². The zero-order valence-electron chi connectivity index (χ0n) is 19.5. The van der Waals surface area contributed by atoms with Crippen molar-refractivity contribution >= 4 is 28.3 Å². The maximum absolute atomic E-state index is 13.3. The number of fused-ring (bicyclic) bond motifs is 1. The Kier molecular flexibility index (Phi) is 6.28. The lowest BCUT2D eigenvalue weighted by Gasteiger charge is -2.13. The number of nitrogens with one attached hydrogen (secondary N) is 4. The van der Waals surface area contributed by atoms with Crippen molar-refractivity contribution in [2.24, 2.45) is 10.2 Å². The van der Waals surface area contributed by atoms with Crippen molar-refractivity contribution in [3.63, 3.8) is 0 Å². The summed E-state index contributed by atoms with van der Waals surface area (Å²) in [5.74, 6) is -1.91. The number of carbonyl (C=O) groups excluding carboxylic acids is 1. The van der Waals surface area contributed by atoms with Crippen LogP contribution in [0.1, 0.15) is 17.4 Å². The normalized spacial score (nSPS) is 11.9. The van der Waals surface area contributed by atoms with Crippen molar-refractivity contribution in [2.45, 2.75) is 6.04 Å². The third kappa shape index (κ3) is 4.90. The number of nitrogens with zero attached hydrogens (tertiary/aromatic N) is 7. The zero-order valence-corrected chi connectivity index (χ0v) is 19.5. The van der Waals surface area contributed by atoms with Crippen molar-refractivity contribution in [3.8, 4) is 17.8 Å². The van der Waals surface area contributed by atoms with E-state index in [1.165, 1.54) is 12.1 Å². The molecule has 1 unspecified atom stereocenters. The molecule has 5 rings (SSSR count). The van der Waals surface area contributed by atoms with Crippen molar-refractivity contribution in [1.29, 1.82) is 5.26 Å². The molecule has 16 heteroatoms. The van der Waals surface area contributed by atoms with Gasteiger partial charge in [-0.25, -0.2) is 14.6 Å². The van der Waals surface area contributed by atoms with E-state index in [2.05, 4.69) is 40.6 Å². The molecule has 1 amide bonds. The summed E-state index contributed by atoms with van der Waals surface area (Å²) in [5, 5.41) is 34.3. The summed E-state index contributed by atoms with van der Waals surface area (Å²) in [6, 6.07) is 12.6. The van der Waals surface area contributed by atoms with Gasteiger partial charge in [0.2, 0.25) is 12.0 Å². The Bertz CT molecular complexity index is 1950. The predicted molar refractivity (Wildman–Crippen MR) is 134 cm³/mol. The van der Waals surface area contributed by atoms with Gasteiger partial charge < -0.3 is 15.4 Å². The standard InChI is InChI=1S/C23H15N11O5/c24-9-11-10-25-34(21-29-22(38)31-23(39)30-21)18(11)33-32-16(20(37)27-14-7-3-4-8-15(14)35)17-26-13-6-2-1-5-12(13)19(36)28-17/h1-8,10,16,35H,(H,27,37)(H,26,28,36)(H2,29,30,31,38,39). The molecule has 0 spiro atoms. The fourth-order valence-corrected chi connectivity index (χ4v) is 3.51. The molecule has 5 N–H and O–H groups in total. The summed E-state index contributed by atoms with van der Waals surface area (Å²) >= 11 is 0. The second-order valence-electron chi connectivity index (χ2n) is 7.82. The summed E-state index contributed by atoms with van der Waals surface area (Å²) < 4.78 is 0.868. The van der Waals surface area contributed by atoms with Crippen LogP contribution in [0.3, 0.4) is 0 Å². The molecule has 16 nitrogen and oxygen atoms in total. The Hall–Kier alpha value is -6.24. The van der Waals surface area contributed by atoms with Gasteiger partial charge in [-0.2, -0.15) is 25.1 Å². The van der Waals surface area contributed by atoms with Crippen LogP contribution < -0.4 is 22.3 Å². The fraction of sp³-hybridized carbons (Fsp3) is 0.0435. The number of aromatic amines is 3. The van der Waals surface area contributed by atoms with Crippen LogP contribution in [0, 0.1) is 11.3 Å². The first-order chi connectivity index (χ1) is 18.8. The topological polar surface area (TPSA) is 240 Å². The van der Waals surface area contributed by atoms with Gasteiger partial charge in [0.25, 0.3) is 11.5 Å². The van der Waals surface area contributed by atoms with E-state index in [-0.39, 0.29) is 45.5 Å². The number of hydrogen-bond acceptors (Lipinski definition) is 11. The van der Waals surface area contributed by atoms with E-state index < -0.39 is 28.9 Å². The van der Waals surface area contributed by atoms with Crippen LogP contribution in [0.25, 0.3) is 16.9 Å². The summed E-state index contributed by atoms with van der Waals surface area (Å²) in [6.07, 6.45) is 1.09. The zero-order chi connectivity index (χ0) is 27.5. The number of benzene rings is 2. The number of azo groups is 1. The summed E-state index contributed by atoms with van der Waals surface area (Å²) in [6.45, 7) is 0. The molecule has 192 valence electrons. The molecule has 5 aromatic rings. The molecule has 0 fully saturated rings. The highest BCUT2D eigenvalue weighted by molar-refractivity contribution is 5.96. The highest BCUT2D eigenvalue weighted by Gasteiger charge is 2.26. The number of anilines is 1. The molecule has 0 saturated carbocycles. The molecule has 0 saturated heterocycles. The number of carbonyl (C=O) groups is 1. The number of H-pyrrole nitrogens is 3. The second-order valence-corrected chi connectivity index (χ2v) is 7.82. The maximum atomic E-state index is 13.3. The Balaban J connectivity index is 1.63. The van der Waals surface area contributed by atoms with E-state index in [0.29, 0.717) is 0 Å². The first-order valence-electron chi connectivity index (χ1n) is 11.0. The molecule has 3 aromatic heterocycles. The first-order valence-corrected chi connectivity index (χ1v) is 11.0. The SMILES string of the molecule is N#Cc1cnn(-c2nc(=O)[nH]c(=O)[nH]2)c1N=NC(C(=O)Nc1ccccc1O)c1nc2ccccc2c(=O)[nH]1. The molecule has 0 aliphatic rings. The molecule has 0 aliphatic carbocycles. The number of aromatic nitrogens is 7. The molecule has 39 heavy (non-hydrogen) atoms. The lowest BCUT2D eigenvalue weighted by atomic mass is 10.2. The van der Waals surface area contributed by atoms with Crippen molar-refractivity contribution in [2.75, 3.05) is 5.32 Å². The summed E-state index contributed by atoms with van der Waals surface area (Å²) in [7, 11) is 0. The Morgan fingerprint density at radius 2 is 1.82 bits per heavy atom. The largest absolute Gasteiger partial charge is 0.506 e. The third-order valence-electron chi connectivity index (χ3n) is 5.29. The van der Waals surface area contributed by atoms with Crippen LogP contribution in [0.2, 0.25) is 0 Å². The summed E-state index contributed by atoms with van der Waals surface area (Å²) in [5.41, 5.74) is -2.22. The number of amides is 1. The van der Waals surface area contributed by atoms with Gasteiger partial charge in [-0.1, -0.05) is 24.3 Å². The molecular formula is C23H15N11O5. The Morgan fingerprint density at radius 1 is 1.05 bits per heavy atom. The highest BCUT2D eigenvalue weighted by Crippen LogP contribution is 2.27. The van der Waals surface area contributed by atoms with Crippen LogP contribution in [-0.4, -0.2) is 45.7 Å². The summed E-state index contributed by atoms with van der Waals surface area (Å²) in [4.78, 5) is 64.1. The van der Waals surface area contributed by atoms with Gasteiger partial charge in [0.1, 0.15) is 23.2 Å². The minimum absolute atomic E-state index is 0.0545. The lowest BCUT2D eigenvalue weighted by molar-refractivity contribution is -0.117. The average Bonchev–Trinajstić information content (AvgIpc) is 3.33. The maximum Gasteiger partial charge on any atom is 0.352 e. The number of phenols is 1. The van der Waals surface area contributed by atoms with Crippen molar-refractivity contribution < 1.29 is 9.90 Å². The average molecular weight is 525 g/mol. The second kappa shape index (κ2) is 10.0. The van der Waals surface area contributed by atoms with Crippen molar-refractivity contribution in [3.05, 3.63) is 97.4 Å². The lowest BCUT2D eigenvalue weighted by Crippen LogP contribution is -2.27. The van der Waals surface area contributed by atoms with E-state index in [0.717, 1.165) is 10.9 Å². The minimum Gasteiger partial charge on any atom is -0.506 e. The van der Waals surface area contributed by atoms with Crippen LogP contribution in [0.5, 0.6) is 5.75 Å². The van der Waals surface area contributed by atoms with Gasteiger partial charge in [0, 0.05) is 0 Å². The Morgan fingerprint density at radius 3 is 2.59 bits per heavy atom. The number of phenolic OH excluding ortho intramolecular Hbond substituents is 1. The van der Waals surface area contributed by atoms with Crippen LogP contribution >= 0.6 is 0 Å². The molecule has 0 bridgehead atoms. The molecule has 2 aromatic carbocycles. The number of aromatic hydroxyl groups is 1. The molecule has 1 atom stereocenters. The number of para-hydroxylation sites is 3. The van der Waals surface area contributed by atoms with E-state index in [4.69, 9.17) is 0 Å². The fourth-order valence-electron chi connectivity index (χ4n) is 3.51. The van der Waals surface area contributed by atoms with Crippen LogP contribution in [-0.2, 0) is 4.79 Å².